The van der Waals surface area contributed by atoms with Crippen LogP contribution in [-0.2, 0) is 28.2 Å². The van der Waals surface area contributed by atoms with E-state index in [0.717, 1.165) is 16.7 Å². The van der Waals surface area contributed by atoms with Gasteiger partial charge in [-0.05, 0) is 92.2 Å². The van der Waals surface area contributed by atoms with Crippen LogP contribution in [0.2, 0.25) is 0 Å². The van der Waals surface area contributed by atoms with Gasteiger partial charge in [-0.1, -0.05) is 24.3 Å². The van der Waals surface area contributed by atoms with Crippen LogP contribution in [0.5, 0.6) is 23.0 Å². The van der Waals surface area contributed by atoms with Crippen molar-refractivity contribution in [1.82, 2.24) is 24.9 Å². The van der Waals surface area contributed by atoms with Crippen molar-refractivity contribution in [3.05, 3.63) is 101 Å². The third kappa shape index (κ3) is 9.43. The van der Waals surface area contributed by atoms with Gasteiger partial charge in [0.25, 0.3) is 17.7 Å². The van der Waals surface area contributed by atoms with Crippen LogP contribution in [0.1, 0.15) is 70.5 Å². The minimum atomic E-state index is -3.71. The summed E-state index contributed by atoms with van der Waals surface area (Å²) in [5.41, 5.74) is 2.48. The van der Waals surface area contributed by atoms with E-state index in [0.29, 0.717) is 78.5 Å². The van der Waals surface area contributed by atoms with E-state index >= 15 is 13.2 Å². The average molecular weight is 972 g/mol. The Balaban J connectivity index is 0.822. The molecule has 9 rings (SSSR count). The number of nitrogens with zero attached hydrogens (tertiary/aromatic N) is 6. The van der Waals surface area contributed by atoms with Crippen molar-refractivity contribution in [3.8, 4) is 23.0 Å². The average Bonchev–Trinajstić information content (AvgIpc) is 3.75. The molecule has 0 unspecified atom stereocenters. The number of carbonyl (C=O) groups is 4. The topological polar surface area (TPSA) is 173 Å². The van der Waals surface area contributed by atoms with Crippen molar-refractivity contribution in [2.45, 2.75) is 51.1 Å². The fraction of sp³-hybridized carbons (Fsp3) is 0.408. The summed E-state index contributed by atoms with van der Waals surface area (Å²) in [6.45, 7) is 3.28. The van der Waals surface area contributed by atoms with Crippen LogP contribution < -0.4 is 29.3 Å². The fourth-order valence-electron chi connectivity index (χ4n) is 10.2. The Hall–Kier alpha value is -6.67. The van der Waals surface area contributed by atoms with Crippen LogP contribution in [0.4, 0.5) is 29.5 Å². The van der Waals surface area contributed by atoms with Gasteiger partial charge in [0.2, 0.25) is 5.91 Å². The van der Waals surface area contributed by atoms with Gasteiger partial charge in [0.1, 0.15) is 15.6 Å². The van der Waals surface area contributed by atoms with Crippen LogP contribution in [0.15, 0.2) is 72.8 Å². The third-order valence-corrected chi connectivity index (χ3v) is 14.4. The second-order valence-corrected chi connectivity index (χ2v) is 20.3. The van der Waals surface area contributed by atoms with Gasteiger partial charge in [0.05, 0.1) is 54.4 Å². The molecular formula is C49H52F3N7O9S. The first kappa shape index (κ1) is 47.4. The van der Waals surface area contributed by atoms with Gasteiger partial charge in [0.15, 0.2) is 28.9 Å². The van der Waals surface area contributed by atoms with Crippen LogP contribution in [0, 0.1) is 17.7 Å². The second-order valence-electron chi connectivity index (χ2n) is 18.1. The summed E-state index contributed by atoms with van der Waals surface area (Å²) in [6.07, 6.45) is 2.33. The van der Waals surface area contributed by atoms with Gasteiger partial charge in [0, 0.05) is 63.3 Å². The number of nitrogens with one attached hydrogen (secondary N) is 1. The molecule has 0 aliphatic carbocycles. The smallest absolute Gasteiger partial charge is 0.329 e. The molecule has 16 nitrogen and oxygen atoms in total. The molecule has 2 atom stereocenters. The highest BCUT2D eigenvalue weighted by atomic mass is 32.2. The SMILES string of the molecule is CCOc1cc([C@@H](CS(C)(=O)=O)N2C(=O)c3cccc(N4CCC([C@H]5CCN(Cc6ccc(Oc7cc8c(cc7F)c(N7CCC(=O)NC7=O)nn8C)cc6)CC5(F)F)CC4)c3C2=O)ccc1OC. The zero-order valence-electron chi connectivity index (χ0n) is 38.5. The number of anilines is 2. The number of rotatable bonds is 14. The predicted molar refractivity (Wildman–Crippen MR) is 250 cm³/mol. The second kappa shape index (κ2) is 18.7. The Kier molecular flexibility index (Phi) is 12.8. The molecule has 0 spiro atoms. The summed E-state index contributed by atoms with van der Waals surface area (Å²) in [5, 5.41) is 7.01. The van der Waals surface area contributed by atoms with Gasteiger partial charge < -0.3 is 19.1 Å². The van der Waals surface area contributed by atoms with Crippen molar-refractivity contribution >= 4 is 56.0 Å². The molecule has 3 fully saturated rings. The first-order valence-electron chi connectivity index (χ1n) is 22.8. The number of likely N-dealkylation sites (tertiary alicyclic amines) is 1. The molecule has 0 bridgehead atoms. The van der Waals surface area contributed by atoms with Crippen molar-refractivity contribution in [3.63, 3.8) is 0 Å². The lowest BCUT2D eigenvalue weighted by atomic mass is 9.76. The highest BCUT2D eigenvalue weighted by Crippen LogP contribution is 2.45. The number of sulfone groups is 1. The molecule has 3 saturated heterocycles. The van der Waals surface area contributed by atoms with Crippen molar-refractivity contribution in [2.24, 2.45) is 18.9 Å². The van der Waals surface area contributed by atoms with Gasteiger partial charge in [-0.15, -0.1) is 0 Å². The Labute approximate surface area is 396 Å². The maximum absolute atomic E-state index is 16.1. The molecule has 0 radical (unpaired) electrons. The maximum atomic E-state index is 16.1. The Bertz CT molecular complexity index is 2960. The van der Waals surface area contributed by atoms with Gasteiger partial charge in [-0.2, -0.15) is 5.10 Å². The van der Waals surface area contributed by atoms with E-state index in [1.54, 1.807) is 79.5 Å². The molecule has 4 aliphatic rings. The summed E-state index contributed by atoms with van der Waals surface area (Å²) >= 11 is 0. The number of amides is 5. The zero-order valence-corrected chi connectivity index (χ0v) is 39.4. The monoisotopic (exact) mass is 971 g/mol. The van der Waals surface area contributed by atoms with Crippen LogP contribution >= 0.6 is 0 Å². The van der Waals surface area contributed by atoms with Gasteiger partial charge in [-0.3, -0.25) is 39.1 Å². The zero-order chi connectivity index (χ0) is 48.9. The number of aromatic nitrogens is 2. The molecule has 0 saturated carbocycles. The van der Waals surface area contributed by atoms with Crippen molar-refractivity contribution in [2.75, 3.05) is 68.2 Å². The van der Waals surface area contributed by atoms with Crippen LogP contribution in [-0.4, -0.2) is 116 Å². The number of hydrogen-bond donors (Lipinski definition) is 1. The van der Waals surface area contributed by atoms with Crippen LogP contribution in [0.3, 0.4) is 0 Å². The number of aryl methyl sites for hydroxylation is 1. The number of methoxy groups -OCH3 is 1. The predicted octanol–water partition coefficient (Wildman–Crippen LogP) is 7.11. The molecule has 1 N–H and O–H groups in total. The highest BCUT2D eigenvalue weighted by Gasteiger charge is 2.49. The lowest BCUT2D eigenvalue weighted by molar-refractivity contribution is -0.133. The molecule has 5 heterocycles. The summed E-state index contributed by atoms with van der Waals surface area (Å²) in [5.74, 6) is -5.72. The van der Waals surface area contributed by atoms with E-state index in [1.165, 1.54) is 28.8 Å². The molecule has 20 heteroatoms. The number of ether oxygens (including phenoxy) is 3. The molecule has 69 heavy (non-hydrogen) atoms. The third-order valence-electron chi connectivity index (χ3n) is 13.5. The van der Waals surface area contributed by atoms with Crippen molar-refractivity contribution < 1.29 is 55.0 Å². The van der Waals surface area contributed by atoms with E-state index in [9.17, 15) is 27.6 Å². The number of alkyl halides is 2. The number of halogens is 3. The lowest BCUT2D eigenvalue weighted by Gasteiger charge is -2.45. The fourth-order valence-corrected chi connectivity index (χ4v) is 11.1. The molecule has 4 aliphatic heterocycles. The van der Waals surface area contributed by atoms with E-state index in [2.05, 4.69) is 10.4 Å². The molecule has 1 aromatic heterocycles. The largest absolute Gasteiger partial charge is 0.493 e. The van der Waals surface area contributed by atoms with E-state index in [1.807, 2.05) is 4.90 Å². The highest BCUT2D eigenvalue weighted by molar-refractivity contribution is 7.90. The summed E-state index contributed by atoms with van der Waals surface area (Å²) in [4.78, 5) is 58.5. The summed E-state index contributed by atoms with van der Waals surface area (Å²) in [7, 11) is -0.587. The first-order chi connectivity index (χ1) is 32.9. The number of imide groups is 2. The van der Waals surface area contributed by atoms with Gasteiger partial charge >= 0.3 is 6.03 Å². The number of fused-ring (bicyclic) bond motifs is 2. The Morgan fingerprint density at radius 3 is 2.33 bits per heavy atom. The number of urea groups is 1. The maximum Gasteiger partial charge on any atom is 0.329 e. The number of piperidine rings is 2. The van der Waals surface area contributed by atoms with E-state index in [4.69, 9.17) is 14.2 Å². The lowest BCUT2D eigenvalue weighted by Crippen LogP contribution is -2.52. The van der Waals surface area contributed by atoms with E-state index < -0.39 is 69.6 Å². The Morgan fingerprint density at radius 2 is 1.65 bits per heavy atom. The minimum Gasteiger partial charge on any atom is -0.493 e. The molecule has 4 aromatic carbocycles. The minimum absolute atomic E-state index is 0.0728. The number of hydrogen-bond acceptors (Lipinski definition) is 12. The Morgan fingerprint density at radius 1 is 0.899 bits per heavy atom. The standard InChI is InChI=1S/C49H52F3N7O9S/c1-5-67-42-23-31(11-14-40(42)66-3)39(27-69(4,64)65)59-46(61)33-7-6-8-37(44(33)47(59)62)57-20-15-30(16-21-57)35-17-19-56(28-49(35,51)52)26-29-9-12-32(13-10-29)68-41-25-38-34(24-36(41)50)45(54-55(38)2)58-22-18-43(60)53-48(58)63/h6-14,23-25,30,35,39H,5,15-22,26-28H2,1-4H3,(H,53,60,63)/t35-,39-/m1/s1. The first-order valence-corrected chi connectivity index (χ1v) is 24.9. The summed E-state index contributed by atoms with van der Waals surface area (Å²) < 4.78 is 91.7. The normalized spacial score (nSPS) is 19.5. The number of carbonyl (C=O) groups excluding carboxylic acids is 4. The van der Waals surface area contributed by atoms with Gasteiger partial charge in [-0.25, -0.2) is 26.4 Å². The van der Waals surface area contributed by atoms with Crippen molar-refractivity contribution in [1.29, 1.82) is 0 Å². The molecule has 5 amide bonds. The van der Waals surface area contributed by atoms with E-state index in [-0.39, 0.29) is 54.5 Å². The molecular weight excluding hydrogens is 920 g/mol. The quantitative estimate of drug-likeness (QED) is 0.112. The molecule has 5 aromatic rings. The number of benzene rings is 4. The molecule has 364 valence electrons. The van der Waals surface area contributed by atoms with Crippen LogP contribution in [0.25, 0.3) is 10.9 Å². The summed E-state index contributed by atoms with van der Waals surface area (Å²) in [6, 6.07) is 17.5.